The van der Waals surface area contributed by atoms with Crippen LogP contribution < -0.4 is 5.73 Å². The number of hydrogen-bond donors (Lipinski definition) is 1. The minimum Gasteiger partial charge on any atom is -0.339 e. The Labute approximate surface area is 112 Å². The Hall–Kier alpha value is -1.82. The topological polar surface area (TPSA) is 90.7 Å². The van der Waals surface area contributed by atoms with Gasteiger partial charge in [0.1, 0.15) is 5.69 Å². The van der Waals surface area contributed by atoms with Gasteiger partial charge in [-0.25, -0.2) is 4.98 Å². The second kappa shape index (κ2) is 6.38. The van der Waals surface area contributed by atoms with Crippen molar-refractivity contribution in [3.8, 4) is 11.5 Å². The molecule has 2 rings (SSSR count). The standard InChI is InChI=1S/C13H19N5O/c1-9(2)5-10(7-14)6-12-17-13(18-19-12)11-8-15-3-4-16-11/h3-4,8-10H,5-7,14H2,1-2H3/t10-/m0/s1. The van der Waals surface area contributed by atoms with E-state index >= 15 is 0 Å². The lowest BCUT2D eigenvalue weighted by molar-refractivity contribution is 0.332. The van der Waals surface area contributed by atoms with Crippen LogP contribution in [0.4, 0.5) is 0 Å². The zero-order valence-corrected chi connectivity index (χ0v) is 11.3. The molecule has 0 fully saturated rings. The van der Waals surface area contributed by atoms with E-state index in [1.807, 2.05) is 0 Å². The fourth-order valence-corrected chi connectivity index (χ4v) is 2.03. The van der Waals surface area contributed by atoms with Gasteiger partial charge in [0.25, 0.3) is 0 Å². The monoisotopic (exact) mass is 261 g/mol. The van der Waals surface area contributed by atoms with Gasteiger partial charge in [-0.2, -0.15) is 4.98 Å². The Morgan fingerprint density at radius 2 is 2.16 bits per heavy atom. The summed E-state index contributed by atoms with van der Waals surface area (Å²) in [7, 11) is 0. The fourth-order valence-electron chi connectivity index (χ4n) is 2.03. The van der Waals surface area contributed by atoms with Crippen LogP contribution in [0.5, 0.6) is 0 Å². The van der Waals surface area contributed by atoms with Gasteiger partial charge < -0.3 is 10.3 Å². The quantitative estimate of drug-likeness (QED) is 0.850. The van der Waals surface area contributed by atoms with Crippen molar-refractivity contribution in [1.82, 2.24) is 20.1 Å². The zero-order valence-electron chi connectivity index (χ0n) is 11.3. The van der Waals surface area contributed by atoms with Crippen molar-refractivity contribution >= 4 is 0 Å². The van der Waals surface area contributed by atoms with Crippen molar-refractivity contribution in [2.75, 3.05) is 6.54 Å². The molecular weight excluding hydrogens is 242 g/mol. The third kappa shape index (κ3) is 3.82. The Balaban J connectivity index is 2.05. The molecule has 0 bridgehead atoms. The minimum absolute atomic E-state index is 0.371. The van der Waals surface area contributed by atoms with Gasteiger partial charge in [0.15, 0.2) is 0 Å². The molecule has 0 unspecified atom stereocenters. The van der Waals surface area contributed by atoms with Crippen LogP contribution in [0, 0.1) is 11.8 Å². The SMILES string of the molecule is CC(C)C[C@H](CN)Cc1nc(-c2cnccn2)no1. The molecule has 19 heavy (non-hydrogen) atoms. The minimum atomic E-state index is 0.371. The molecule has 1 atom stereocenters. The van der Waals surface area contributed by atoms with Gasteiger partial charge in [-0.05, 0) is 24.8 Å². The van der Waals surface area contributed by atoms with Crippen LogP contribution in [0.3, 0.4) is 0 Å². The van der Waals surface area contributed by atoms with Gasteiger partial charge in [0.2, 0.25) is 11.7 Å². The van der Waals surface area contributed by atoms with Crippen LogP contribution in [-0.4, -0.2) is 26.7 Å². The van der Waals surface area contributed by atoms with E-state index in [0.717, 1.165) is 6.42 Å². The first-order valence-corrected chi connectivity index (χ1v) is 6.48. The highest BCUT2D eigenvalue weighted by Gasteiger charge is 2.16. The highest BCUT2D eigenvalue weighted by atomic mass is 16.5. The molecule has 0 aromatic carbocycles. The van der Waals surface area contributed by atoms with Crippen LogP contribution in [-0.2, 0) is 6.42 Å². The molecule has 0 amide bonds. The highest BCUT2D eigenvalue weighted by molar-refractivity contribution is 5.45. The normalized spacial score (nSPS) is 12.8. The first-order valence-electron chi connectivity index (χ1n) is 6.48. The molecule has 0 aliphatic carbocycles. The molecule has 0 radical (unpaired) electrons. The molecule has 2 heterocycles. The third-order valence-electron chi connectivity index (χ3n) is 2.86. The van der Waals surface area contributed by atoms with Gasteiger partial charge in [-0.1, -0.05) is 19.0 Å². The summed E-state index contributed by atoms with van der Waals surface area (Å²) in [6.45, 7) is 4.99. The number of rotatable bonds is 6. The zero-order chi connectivity index (χ0) is 13.7. The number of nitrogens with zero attached hydrogens (tertiary/aromatic N) is 4. The lowest BCUT2D eigenvalue weighted by Crippen LogP contribution is -2.19. The van der Waals surface area contributed by atoms with Gasteiger partial charge in [-0.15, -0.1) is 0 Å². The lowest BCUT2D eigenvalue weighted by atomic mass is 9.94. The van der Waals surface area contributed by atoms with Crippen molar-refractivity contribution < 1.29 is 4.52 Å². The predicted octanol–water partition coefficient (Wildman–Crippen LogP) is 1.69. The van der Waals surface area contributed by atoms with Crippen molar-refractivity contribution in [3.05, 3.63) is 24.5 Å². The highest BCUT2D eigenvalue weighted by Crippen LogP contribution is 2.17. The third-order valence-corrected chi connectivity index (χ3v) is 2.86. The van der Waals surface area contributed by atoms with Gasteiger partial charge in [0, 0.05) is 18.8 Å². The smallest absolute Gasteiger partial charge is 0.227 e. The van der Waals surface area contributed by atoms with Gasteiger partial charge in [0.05, 0.1) is 6.20 Å². The second-order valence-electron chi connectivity index (χ2n) is 5.04. The molecule has 2 aromatic rings. The molecule has 2 N–H and O–H groups in total. The molecule has 0 saturated heterocycles. The van der Waals surface area contributed by atoms with Crippen molar-refractivity contribution in [3.63, 3.8) is 0 Å². The molecular formula is C13H19N5O. The summed E-state index contributed by atoms with van der Waals surface area (Å²) in [5.41, 5.74) is 6.39. The van der Waals surface area contributed by atoms with Crippen LogP contribution in [0.25, 0.3) is 11.5 Å². The number of aromatic nitrogens is 4. The van der Waals surface area contributed by atoms with Crippen molar-refractivity contribution in [2.45, 2.75) is 26.7 Å². The first-order chi connectivity index (χ1) is 9.19. The summed E-state index contributed by atoms with van der Waals surface area (Å²) in [4.78, 5) is 12.5. The molecule has 0 aliphatic rings. The van der Waals surface area contributed by atoms with Crippen LogP contribution in [0.2, 0.25) is 0 Å². The molecule has 6 nitrogen and oxygen atoms in total. The lowest BCUT2D eigenvalue weighted by Gasteiger charge is -2.14. The summed E-state index contributed by atoms with van der Waals surface area (Å²) < 4.78 is 5.25. The Kier molecular flexibility index (Phi) is 4.57. The molecule has 0 saturated carbocycles. The average Bonchev–Trinajstić information content (AvgIpc) is 2.87. The summed E-state index contributed by atoms with van der Waals surface area (Å²) in [6, 6.07) is 0. The van der Waals surface area contributed by atoms with Crippen LogP contribution in [0.15, 0.2) is 23.1 Å². The summed E-state index contributed by atoms with van der Waals surface area (Å²) in [5.74, 6) is 2.06. The van der Waals surface area contributed by atoms with Crippen molar-refractivity contribution in [1.29, 1.82) is 0 Å². The maximum Gasteiger partial charge on any atom is 0.227 e. The van der Waals surface area contributed by atoms with E-state index in [-0.39, 0.29) is 0 Å². The second-order valence-corrected chi connectivity index (χ2v) is 5.04. The Morgan fingerprint density at radius 3 is 2.79 bits per heavy atom. The first kappa shape index (κ1) is 13.6. The van der Waals surface area contributed by atoms with E-state index in [1.54, 1.807) is 18.6 Å². The molecule has 0 aliphatic heterocycles. The summed E-state index contributed by atoms with van der Waals surface area (Å²) in [5, 5.41) is 3.92. The van der Waals surface area contributed by atoms with E-state index in [1.165, 1.54) is 0 Å². The maximum atomic E-state index is 5.77. The number of nitrogens with two attached hydrogens (primary N) is 1. The summed E-state index contributed by atoms with van der Waals surface area (Å²) in [6.07, 6.45) is 6.59. The van der Waals surface area contributed by atoms with Crippen LogP contribution >= 0.6 is 0 Å². The van der Waals surface area contributed by atoms with Gasteiger partial charge >= 0.3 is 0 Å². The fraction of sp³-hybridized carbons (Fsp3) is 0.538. The van der Waals surface area contributed by atoms with Crippen LogP contribution in [0.1, 0.15) is 26.2 Å². The van der Waals surface area contributed by atoms with E-state index in [9.17, 15) is 0 Å². The number of hydrogen-bond acceptors (Lipinski definition) is 6. The van der Waals surface area contributed by atoms with Crippen molar-refractivity contribution in [2.24, 2.45) is 17.6 Å². The molecule has 102 valence electrons. The predicted molar refractivity (Wildman–Crippen MR) is 71.0 cm³/mol. The van der Waals surface area contributed by atoms with E-state index in [4.69, 9.17) is 10.3 Å². The Morgan fingerprint density at radius 1 is 1.32 bits per heavy atom. The Bertz CT molecular complexity index is 497. The van der Waals surface area contributed by atoms with E-state index < -0.39 is 0 Å². The van der Waals surface area contributed by atoms with E-state index in [2.05, 4.69) is 34.0 Å². The average molecular weight is 261 g/mol. The molecule has 6 heteroatoms. The maximum absolute atomic E-state index is 5.77. The molecule has 2 aromatic heterocycles. The van der Waals surface area contributed by atoms with Gasteiger partial charge in [-0.3, -0.25) is 4.98 Å². The molecule has 0 spiro atoms. The summed E-state index contributed by atoms with van der Waals surface area (Å²) >= 11 is 0. The van der Waals surface area contributed by atoms with E-state index in [0.29, 0.717) is 42.2 Å². The largest absolute Gasteiger partial charge is 0.339 e.